The number of halogens is 2. The third kappa shape index (κ3) is 3.35. The van der Waals surface area contributed by atoms with E-state index in [0.717, 1.165) is 29.7 Å². The van der Waals surface area contributed by atoms with E-state index in [2.05, 4.69) is 5.32 Å². The van der Waals surface area contributed by atoms with Gasteiger partial charge in [0.2, 0.25) is 0 Å². The number of hydrogen-bond donors (Lipinski definition) is 1. The quantitative estimate of drug-likeness (QED) is 0.895. The Hall–Kier alpha value is -1.30. The number of nitrogens with one attached hydrogen (secondary N) is 1. The molecule has 0 unspecified atom stereocenters. The predicted octanol–water partition coefficient (Wildman–Crippen LogP) is 2.22. The smallest absolute Gasteiger partial charge is 0.317 e. The van der Waals surface area contributed by atoms with E-state index in [1.807, 2.05) is 0 Å². The van der Waals surface area contributed by atoms with E-state index in [9.17, 15) is 13.6 Å². The molecule has 98 valence electrons. The van der Waals surface area contributed by atoms with Gasteiger partial charge < -0.3 is 10.2 Å². The van der Waals surface area contributed by atoms with E-state index in [-0.39, 0.29) is 18.1 Å². The molecular weight excluding hydrogens is 258 g/mol. The molecule has 1 aromatic carbocycles. The fraction of sp³-hybridized carbons (Fsp3) is 0.417. The van der Waals surface area contributed by atoms with Crippen LogP contribution < -0.4 is 5.32 Å². The summed E-state index contributed by atoms with van der Waals surface area (Å²) >= 11 is 1.80. The maximum Gasteiger partial charge on any atom is 0.317 e. The van der Waals surface area contributed by atoms with Crippen LogP contribution >= 0.6 is 11.8 Å². The minimum absolute atomic E-state index is 0.00602. The van der Waals surface area contributed by atoms with Crippen molar-refractivity contribution < 1.29 is 13.6 Å². The van der Waals surface area contributed by atoms with Crippen molar-refractivity contribution in [2.75, 3.05) is 24.6 Å². The second kappa shape index (κ2) is 6.04. The van der Waals surface area contributed by atoms with Gasteiger partial charge in [-0.1, -0.05) is 0 Å². The Morgan fingerprint density at radius 2 is 2.06 bits per heavy atom. The summed E-state index contributed by atoms with van der Waals surface area (Å²) in [6.45, 7) is 1.40. The fourth-order valence-electron chi connectivity index (χ4n) is 1.73. The Labute approximate surface area is 109 Å². The van der Waals surface area contributed by atoms with Crippen molar-refractivity contribution in [2.45, 2.75) is 6.54 Å². The van der Waals surface area contributed by atoms with Crippen LogP contribution in [-0.4, -0.2) is 35.5 Å². The molecule has 1 heterocycles. The Balaban J connectivity index is 1.90. The van der Waals surface area contributed by atoms with Crippen molar-refractivity contribution in [3.05, 3.63) is 35.4 Å². The van der Waals surface area contributed by atoms with Gasteiger partial charge in [0.15, 0.2) is 0 Å². The molecule has 0 aromatic heterocycles. The third-order valence-electron chi connectivity index (χ3n) is 2.74. The zero-order valence-electron chi connectivity index (χ0n) is 9.79. The summed E-state index contributed by atoms with van der Waals surface area (Å²) in [6, 6.07) is 3.00. The highest BCUT2D eigenvalue weighted by atomic mass is 32.2. The normalized spacial score (nSPS) is 15.6. The monoisotopic (exact) mass is 272 g/mol. The van der Waals surface area contributed by atoms with Gasteiger partial charge in [0, 0.05) is 36.7 Å². The number of amides is 2. The van der Waals surface area contributed by atoms with Gasteiger partial charge in [-0.2, -0.15) is 11.8 Å². The molecule has 0 atom stereocenters. The second-order valence-corrected chi connectivity index (χ2v) is 5.22. The molecule has 1 aliphatic heterocycles. The van der Waals surface area contributed by atoms with Crippen molar-refractivity contribution in [1.29, 1.82) is 0 Å². The first-order chi connectivity index (χ1) is 8.66. The molecule has 18 heavy (non-hydrogen) atoms. The van der Waals surface area contributed by atoms with Gasteiger partial charge in [0.1, 0.15) is 11.6 Å². The summed E-state index contributed by atoms with van der Waals surface area (Å²) in [5, 5.41) is 2.61. The molecule has 0 spiro atoms. The fourth-order valence-corrected chi connectivity index (χ4v) is 2.63. The number of urea groups is 1. The minimum atomic E-state index is -0.508. The van der Waals surface area contributed by atoms with E-state index in [0.29, 0.717) is 13.1 Å². The van der Waals surface area contributed by atoms with E-state index in [4.69, 9.17) is 0 Å². The molecule has 2 amide bonds. The average molecular weight is 272 g/mol. The number of nitrogens with zero attached hydrogens (tertiary/aromatic N) is 1. The maximum atomic E-state index is 13.3. The van der Waals surface area contributed by atoms with E-state index in [1.165, 1.54) is 0 Å². The second-order valence-electron chi connectivity index (χ2n) is 3.99. The Bertz CT molecular complexity index is 436. The largest absolute Gasteiger partial charge is 0.334 e. The van der Waals surface area contributed by atoms with Crippen LogP contribution in [-0.2, 0) is 6.54 Å². The highest BCUT2D eigenvalue weighted by Gasteiger charge is 2.16. The lowest BCUT2D eigenvalue weighted by molar-refractivity contribution is 0.202. The molecule has 0 radical (unpaired) electrons. The first kappa shape index (κ1) is 13.1. The zero-order chi connectivity index (χ0) is 13.0. The van der Waals surface area contributed by atoms with E-state index in [1.54, 1.807) is 16.7 Å². The summed E-state index contributed by atoms with van der Waals surface area (Å²) in [5.74, 6) is 0.824. The van der Waals surface area contributed by atoms with Crippen LogP contribution in [0.4, 0.5) is 13.6 Å². The van der Waals surface area contributed by atoms with Gasteiger partial charge in [-0.3, -0.25) is 0 Å². The molecule has 3 nitrogen and oxygen atoms in total. The van der Waals surface area contributed by atoms with Crippen molar-refractivity contribution in [1.82, 2.24) is 10.2 Å². The number of hydrogen-bond acceptors (Lipinski definition) is 2. The molecular formula is C12H14F2N2OS. The first-order valence-electron chi connectivity index (χ1n) is 5.71. The van der Waals surface area contributed by atoms with Gasteiger partial charge in [-0.15, -0.1) is 0 Å². The minimum Gasteiger partial charge on any atom is -0.334 e. The molecule has 0 bridgehead atoms. The molecule has 1 saturated heterocycles. The molecule has 6 heteroatoms. The molecule has 1 fully saturated rings. The summed E-state index contributed by atoms with van der Waals surface area (Å²) in [6.07, 6.45) is 0. The van der Waals surface area contributed by atoms with Gasteiger partial charge in [0.05, 0.1) is 0 Å². The van der Waals surface area contributed by atoms with Crippen LogP contribution in [0.5, 0.6) is 0 Å². The van der Waals surface area contributed by atoms with E-state index >= 15 is 0 Å². The summed E-state index contributed by atoms with van der Waals surface area (Å²) in [4.78, 5) is 13.4. The number of thioether (sulfide) groups is 1. The third-order valence-corrected chi connectivity index (χ3v) is 3.68. The molecule has 0 saturated carbocycles. The maximum absolute atomic E-state index is 13.3. The Kier molecular flexibility index (Phi) is 4.41. The zero-order valence-corrected chi connectivity index (χ0v) is 10.6. The summed E-state index contributed by atoms with van der Waals surface area (Å²) in [5.41, 5.74) is 0.162. The SMILES string of the molecule is O=C(NCc1cc(F)ccc1F)N1CCSCC1. The molecule has 2 rings (SSSR count). The Morgan fingerprint density at radius 1 is 1.33 bits per heavy atom. The van der Waals surface area contributed by atoms with Crippen molar-refractivity contribution in [2.24, 2.45) is 0 Å². The molecule has 0 aliphatic carbocycles. The van der Waals surface area contributed by atoms with Crippen LogP contribution in [0, 0.1) is 11.6 Å². The van der Waals surface area contributed by atoms with Crippen molar-refractivity contribution >= 4 is 17.8 Å². The Morgan fingerprint density at radius 3 is 2.78 bits per heavy atom. The number of benzene rings is 1. The van der Waals surface area contributed by atoms with Crippen molar-refractivity contribution in [3.63, 3.8) is 0 Å². The number of carbonyl (C=O) groups excluding carboxylic acids is 1. The predicted molar refractivity (Wildman–Crippen MR) is 67.5 cm³/mol. The first-order valence-corrected chi connectivity index (χ1v) is 6.87. The van der Waals surface area contributed by atoms with Crippen molar-refractivity contribution in [3.8, 4) is 0 Å². The number of rotatable bonds is 2. The standard InChI is InChI=1S/C12H14F2N2OS/c13-10-1-2-11(14)9(7-10)8-15-12(17)16-3-5-18-6-4-16/h1-2,7H,3-6,8H2,(H,15,17). The topological polar surface area (TPSA) is 32.3 Å². The lowest BCUT2D eigenvalue weighted by Gasteiger charge is -2.26. The van der Waals surface area contributed by atoms with Crippen LogP contribution in [0.3, 0.4) is 0 Å². The highest BCUT2D eigenvalue weighted by molar-refractivity contribution is 7.99. The summed E-state index contributed by atoms with van der Waals surface area (Å²) in [7, 11) is 0. The molecule has 1 N–H and O–H groups in total. The van der Waals surface area contributed by atoms with Gasteiger partial charge in [0.25, 0.3) is 0 Å². The van der Waals surface area contributed by atoms with E-state index < -0.39 is 11.6 Å². The lowest BCUT2D eigenvalue weighted by Crippen LogP contribution is -2.44. The van der Waals surface area contributed by atoms with Crippen LogP contribution in [0.2, 0.25) is 0 Å². The van der Waals surface area contributed by atoms with Crippen LogP contribution in [0.25, 0.3) is 0 Å². The van der Waals surface area contributed by atoms with Gasteiger partial charge in [-0.05, 0) is 18.2 Å². The van der Waals surface area contributed by atoms with Gasteiger partial charge >= 0.3 is 6.03 Å². The molecule has 1 aromatic rings. The highest BCUT2D eigenvalue weighted by Crippen LogP contribution is 2.11. The van der Waals surface area contributed by atoms with Crippen LogP contribution in [0.15, 0.2) is 18.2 Å². The molecule has 1 aliphatic rings. The summed E-state index contributed by atoms with van der Waals surface area (Å²) < 4.78 is 26.3. The van der Waals surface area contributed by atoms with Crippen LogP contribution in [0.1, 0.15) is 5.56 Å². The van der Waals surface area contributed by atoms with Gasteiger partial charge in [-0.25, -0.2) is 13.6 Å². The lowest BCUT2D eigenvalue weighted by atomic mass is 10.2. The average Bonchev–Trinajstić information content (AvgIpc) is 2.40. The number of carbonyl (C=O) groups is 1.